The lowest BCUT2D eigenvalue weighted by atomic mass is 10.2. The van der Waals surface area contributed by atoms with Crippen molar-refractivity contribution in [3.05, 3.63) is 0 Å². The quantitative estimate of drug-likeness (QED) is 0.689. The smallest absolute Gasteiger partial charge is 0.324 e. The number of nitrogens with zero attached hydrogens (tertiary/aromatic N) is 1. The second kappa shape index (κ2) is 2.92. The third-order valence-corrected chi connectivity index (χ3v) is 3.68. The van der Waals surface area contributed by atoms with E-state index in [-0.39, 0.29) is 0 Å². The number of hydrogen-bond acceptors (Lipinski definition) is 3. The summed E-state index contributed by atoms with van der Waals surface area (Å²) < 4.78 is 0. The van der Waals surface area contributed by atoms with Gasteiger partial charge in [-0.3, -0.25) is 9.69 Å². The van der Waals surface area contributed by atoms with Crippen LogP contribution in [0.2, 0.25) is 0 Å². The van der Waals surface area contributed by atoms with E-state index in [9.17, 15) is 4.79 Å². The zero-order valence-electron chi connectivity index (χ0n) is 6.95. The standard InChI is InChI=1S/C8H13NO2S/c10-7(11)8(1-2-8)9-3-5-12-6-4-9/h1-6H2,(H,10,11). The Morgan fingerprint density at radius 1 is 1.33 bits per heavy atom. The molecule has 12 heavy (non-hydrogen) atoms. The molecule has 1 heterocycles. The molecule has 68 valence electrons. The number of carboxylic acids is 1. The maximum Gasteiger partial charge on any atom is 0.324 e. The number of rotatable bonds is 2. The second-order valence-corrected chi connectivity index (χ2v) is 4.66. The highest BCUT2D eigenvalue weighted by molar-refractivity contribution is 7.99. The predicted molar refractivity (Wildman–Crippen MR) is 48.5 cm³/mol. The van der Waals surface area contributed by atoms with Gasteiger partial charge in [0.1, 0.15) is 5.54 Å². The van der Waals surface area contributed by atoms with Crippen LogP contribution in [0.5, 0.6) is 0 Å². The van der Waals surface area contributed by atoms with E-state index in [0.717, 1.165) is 37.4 Å². The molecule has 1 aliphatic heterocycles. The van der Waals surface area contributed by atoms with Crippen molar-refractivity contribution in [2.75, 3.05) is 24.6 Å². The third-order valence-electron chi connectivity index (χ3n) is 2.74. The van der Waals surface area contributed by atoms with Gasteiger partial charge < -0.3 is 5.11 Å². The van der Waals surface area contributed by atoms with Crippen molar-refractivity contribution in [3.63, 3.8) is 0 Å². The van der Waals surface area contributed by atoms with Gasteiger partial charge in [0, 0.05) is 24.6 Å². The van der Waals surface area contributed by atoms with Crippen molar-refractivity contribution >= 4 is 17.7 Å². The molecule has 4 heteroatoms. The first-order valence-corrected chi connectivity index (χ1v) is 5.47. The Hall–Kier alpha value is -0.220. The molecule has 2 rings (SSSR count). The first-order valence-electron chi connectivity index (χ1n) is 4.32. The van der Waals surface area contributed by atoms with Gasteiger partial charge in [0.15, 0.2) is 0 Å². The summed E-state index contributed by atoms with van der Waals surface area (Å²) in [5, 5.41) is 9.01. The van der Waals surface area contributed by atoms with E-state index >= 15 is 0 Å². The summed E-state index contributed by atoms with van der Waals surface area (Å²) in [6, 6.07) is 0. The first-order chi connectivity index (χ1) is 5.76. The van der Waals surface area contributed by atoms with Crippen molar-refractivity contribution < 1.29 is 9.90 Å². The SMILES string of the molecule is O=C(O)C1(N2CCSCC2)CC1. The molecule has 1 aliphatic carbocycles. The molecular formula is C8H13NO2S. The Bertz CT molecular complexity index is 197. The van der Waals surface area contributed by atoms with Crippen LogP contribution in [0.15, 0.2) is 0 Å². The molecule has 0 spiro atoms. The molecule has 3 nitrogen and oxygen atoms in total. The molecule has 0 atom stereocenters. The molecule has 0 unspecified atom stereocenters. The van der Waals surface area contributed by atoms with Gasteiger partial charge in [0.2, 0.25) is 0 Å². The van der Waals surface area contributed by atoms with Crippen molar-refractivity contribution in [1.82, 2.24) is 4.90 Å². The van der Waals surface area contributed by atoms with Crippen LogP contribution in [0.25, 0.3) is 0 Å². The predicted octanol–water partition coefficient (Wildman–Crippen LogP) is 0.652. The molecule has 0 radical (unpaired) electrons. The zero-order chi connectivity index (χ0) is 8.60. The lowest BCUT2D eigenvalue weighted by Crippen LogP contribution is -2.47. The van der Waals surface area contributed by atoms with Gasteiger partial charge in [-0.2, -0.15) is 11.8 Å². The maximum absolute atomic E-state index is 10.9. The van der Waals surface area contributed by atoms with E-state index in [2.05, 4.69) is 4.90 Å². The third kappa shape index (κ3) is 1.23. The fraction of sp³-hybridized carbons (Fsp3) is 0.875. The van der Waals surface area contributed by atoms with Crippen LogP contribution in [0, 0.1) is 0 Å². The van der Waals surface area contributed by atoms with E-state index in [1.165, 1.54) is 0 Å². The average molecular weight is 187 g/mol. The van der Waals surface area contributed by atoms with Gasteiger partial charge in [-0.25, -0.2) is 0 Å². The van der Waals surface area contributed by atoms with Gasteiger partial charge in [0.05, 0.1) is 0 Å². The molecule has 0 bridgehead atoms. The lowest BCUT2D eigenvalue weighted by molar-refractivity contribution is -0.145. The molecule has 0 aromatic carbocycles. The molecule has 1 N–H and O–H groups in total. The number of carbonyl (C=O) groups is 1. The molecule has 2 fully saturated rings. The van der Waals surface area contributed by atoms with Crippen LogP contribution >= 0.6 is 11.8 Å². The van der Waals surface area contributed by atoms with E-state index in [1.807, 2.05) is 11.8 Å². The molecule has 1 saturated carbocycles. The van der Waals surface area contributed by atoms with E-state index in [1.54, 1.807) is 0 Å². The Balaban J connectivity index is 2.02. The molecule has 0 amide bonds. The minimum absolute atomic E-state index is 0.443. The summed E-state index contributed by atoms with van der Waals surface area (Å²) in [6.45, 7) is 1.91. The van der Waals surface area contributed by atoms with Gasteiger partial charge in [0.25, 0.3) is 0 Å². The van der Waals surface area contributed by atoms with Crippen molar-refractivity contribution in [2.24, 2.45) is 0 Å². The summed E-state index contributed by atoms with van der Waals surface area (Å²) in [6.07, 6.45) is 1.71. The minimum atomic E-state index is -0.616. The highest BCUT2D eigenvalue weighted by Gasteiger charge is 2.54. The van der Waals surface area contributed by atoms with Gasteiger partial charge in [-0.05, 0) is 12.8 Å². The van der Waals surface area contributed by atoms with Gasteiger partial charge in [-0.15, -0.1) is 0 Å². The van der Waals surface area contributed by atoms with Crippen LogP contribution in [0.1, 0.15) is 12.8 Å². The summed E-state index contributed by atoms with van der Waals surface area (Å²) in [5.74, 6) is 1.57. The Morgan fingerprint density at radius 2 is 1.92 bits per heavy atom. The number of hydrogen-bond donors (Lipinski definition) is 1. The van der Waals surface area contributed by atoms with E-state index < -0.39 is 11.5 Å². The highest BCUT2D eigenvalue weighted by Crippen LogP contribution is 2.42. The summed E-state index contributed by atoms with van der Waals surface area (Å²) in [5.41, 5.74) is -0.443. The first kappa shape index (κ1) is 8.38. The van der Waals surface area contributed by atoms with Crippen molar-refractivity contribution in [2.45, 2.75) is 18.4 Å². The zero-order valence-corrected chi connectivity index (χ0v) is 7.77. The van der Waals surface area contributed by atoms with Crippen molar-refractivity contribution in [1.29, 1.82) is 0 Å². The number of aliphatic carboxylic acids is 1. The van der Waals surface area contributed by atoms with Crippen LogP contribution in [0.3, 0.4) is 0 Å². The second-order valence-electron chi connectivity index (χ2n) is 3.44. The largest absolute Gasteiger partial charge is 0.480 e. The molecule has 1 saturated heterocycles. The molecular weight excluding hydrogens is 174 g/mol. The van der Waals surface area contributed by atoms with Gasteiger partial charge >= 0.3 is 5.97 Å². The Morgan fingerprint density at radius 3 is 2.33 bits per heavy atom. The van der Waals surface area contributed by atoms with E-state index in [0.29, 0.717) is 0 Å². The van der Waals surface area contributed by atoms with Crippen LogP contribution in [-0.4, -0.2) is 46.1 Å². The number of thioether (sulfide) groups is 1. The minimum Gasteiger partial charge on any atom is -0.480 e. The normalized spacial score (nSPS) is 28.3. The number of carboxylic acid groups (broad SMARTS) is 1. The van der Waals surface area contributed by atoms with Gasteiger partial charge in [-0.1, -0.05) is 0 Å². The molecule has 2 aliphatic rings. The fourth-order valence-electron chi connectivity index (χ4n) is 1.78. The Labute approximate surface area is 76.1 Å². The highest BCUT2D eigenvalue weighted by atomic mass is 32.2. The summed E-state index contributed by atoms with van der Waals surface area (Å²) in [7, 11) is 0. The van der Waals surface area contributed by atoms with Crippen molar-refractivity contribution in [3.8, 4) is 0 Å². The van der Waals surface area contributed by atoms with Crippen LogP contribution < -0.4 is 0 Å². The summed E-state index contributed by atoms with van der Waals surface area (Å²) in [4.78, 5) is 13.1. The molecule has 0 aromatic rings. The topological polar surface area (TPSA) is 40.5 Å². The monoisotopic (exact) mass is 187 g/mol. The Kier molecular flexibility index (Phi) is 2.04. The lowest BCUT2D eigenvalue weighted by Gasteiger charge is -2.31. The summed E-state index contributed by atoms with van der Waals surface area (Å²) >= 11 is 1.92. The maximum atomic E-state index is 10.9. The van der Waals surface area contributed by atoms with Crippen LogP contribution in [0.4, 0.5) is 0 Å². The average Bonchev–Trinajstić information content (AvgIpc) is 2.86. The molecule has 0 aromatic heterocycles. The fourth-order valence-corrected chi connectivity index (χ4v) is 2.68. The van der Waals surface area contributed by atoms with E-state index in [4.69, 9.17) is 5.11 Å². The van der Waals surface area contributed by atoms with Crippen LogP contribution in [-0.2, 0) is 4.79 Å².